The normalized spacial score (nSPS) is 12.7. The molecule has 0 unspecified atom stereocenters. The molecule has 0 fully saturated rings. The largest absolute Gasteiger partial charge is 0.350 e. The summed E-state index contributed by atoms with van der Waals surface area (Å²) in [5.41, 5.74) is -0.383. The number of sulfonamides is 1. The predicted molar refractivity (Wildman–Crippen MR) is 133 cm³/mol. The molecule has 0 aromatic heterocycles. The highest BCUT2D eigenvalue weighted by Gasteiger charge is 2.32. The maximum atomic E-state index is 14.4. The highest BCUT2D eigenvalue weighted by atomic mass is 35.5. The van der Waals surface area contributed by atoms with E-state index in [-0.39, 0.29) is 27.8 Å². The Bertz CT molecular complexity index is 1170. The molecule has 7 nitrogen and oxygen atoms in total. The summed E-state index contributed by atoms with van der Waals surface area (Å²) in [6.07, 6.45) is 0.925. The lowest BCUT2D eigenvalue weighted by atomic mass is 10.1. The highest BCUT2D eigenvalue weighted by Crippen LogP contribution is 2.31. The number of benzene rings is 2. The van der Waals surface area contributed by atoms with Crippen LogP contribution >= 0.6 is 23.2 Å². The van der Waals surface area contributed by atoms with Crippen LogP contribution in [0.15, 0.2) is 42.5 Å². The van der Waals surface area contributed by atoms with Crippen LogP contribution < -0.4 is 9.62 Å². The van der Waals surface area contributed by atoms with Crippen molar-refractivity contribution in [2.45, 2.75) is 45.8 Å². The first-order chi connectivity index (χ1) is 15.6. The van der Waals surface area contributed by atoms with Crippen molar-refractivity contribution in [3.8, 4) is 0 Å². The molecule has 0 bridgehead atoms. The van der Waals surface area contributed by atoms with E-state index in [9.17, 15) is 22.4 Å². The zero-order valence-electron chi connectivity index (χ0n) is 19.6. The molecule has 1 N–H and O–H groups in total. The third-order valence-corrected chi connectivity index (χ3v) is 6.50. The molecule has 2 aromatic carbocycles. The fraction of sp³-hybridized carbons (Fsp3) is 0.391. The topological polar surface area (TPSA) is 86.8 Å². The van der Waals surface area contributed by atoms with Gasteiger partial charge in [0.25, 0.3) is 0 Å². The van der Waals surface area contributed by atoms with Crippen molar-refractivity contribution in [1.29, 1.82) is 0 Å². The zero-order valence-corrected chi connectivity index (χ0v) is 21.9. The number of nitrogens with zero attached hydrogens (tertiary/aromatic N) is 2. The molecule has 2 aromatic rings. The standard InChI is InChI=1S/C23H28Cl2FN3O4S/c1-15(22(31)27-23(2,3)4)28(13-16-8-6-7-9-19(16)26)21(30)14-29(34(5,32)33)20-12-17(24)10-11-18(20)25/h6-12,15H,13-14H2,1-5H3,(H,27,31)/t15-/m0/s1. The van der Waals surface area contributed by atoms with Crippen LogP contribution in [0.5, 0.6) is 0 Å². The first kappa shape index (κ1) is 27.9. The van der Waals surface area contributed by atoms with Gasteiger partial charge in [-0.25, -0.2) is 12.8 Å². The van der Waals surface area contributed by atoms with Crippen molar-refractivity contribution in [2.24, 2.45) is 0 Å². The van der Waals surface area contributed by atoms with Gasteiger partial charge < -0.3 is 10.2 Å². The van der Waals surface area contributed by atoms with Gasteiger partial charge in [-0.05, 0) is 52.0 Å². The Kier molecular flexibility index (Phi) is 8.96. The predicted octanol–water partition coefficient (Wildman–Crippen LogP) is 4.23. The van der Waals surface area contributed by atoms with Crippen LogP contribution in [0.3, 0.4) is 0 Å². The third kappa shape index (κ3) is 7.58. The van der Waals surface area contributed by atoms with Gasteiger partial charge in [0.1, 0.15) is 18.4 Å². The first-order valence-electron chi connectivity index (χ1n) is 10.4. The van der Waals surface area contributed by atoms with Gasteiger partial charge in [0.2, 0.25) is 21.8 Å². The minimum atomic E-state index is -3.97. The zero-order chi connectivity index (χ0) is 25.8. The van der Waals surface area contributed by atoms with E-state index in [2.05, 4.69) is 5.32 Å². The Morgan fingerprint density at radius 3 is 2.29 bits per heavy atom. The number of nitrogens with one attached hydrogen (secondary N) is 1. The van der Waals surface area contributed by atoms with E-state index in [0.717, 1.165) is 15.5 Å². The fourth-order valence-electron chi connectivity index (χ4n) is 3.14. The number of carbonyl (C=O) groups is 2. The molecule has 0 radical (unpaired) electrons. The Balaban J connectivity index is 2.47. The summed E-state index contributed by atoms with van der Waals surface area (Å²) in [6.45, 7) is 5.94. The van der Waals surface area contributed by atoms with Crippen molar-refractivity contribution in [3.05, 3.63) is 63.9 Å². The number of halogens is 3. The second kappa shape index (κ2) is 10.9. The Morgan fingerprint density at radius 2 is 1.74 bits per heavy atom. The van der Waals surface area contributed by atoms with Crippen LogP contribution in [0.4, 0.5) is 10.1 Å². The quantitative estimate of drug-likeness (QED) is 0.552. The molecule has 2 amide bonds. The average Bonchev–Trinajstić information content (AvgIpc) is 2.70. The monoisotopic (exact) mass is 531 g/mol. The fourth-order valence-corrected chi connectivity index (χ4v) is 4.43. The second-order valence-corrected chi connectivity index (χ2v) is 11.6. The van der Waals surface area contributed by atoms with E-state index in [0.29, 0.717) is 0 Å². The molecule has 0 aliphatic heterocycles. The van der Waals surface area contributed by atoms with Crippen LogP contribution in [0.25, 0.3) is 0 Å². The van der Waals surface area contributed by atoms with Crippen molar-refractivity contribution in [1.82, 2.24) is 10.2 Å². The number of hydrogen-bond donors (Lipinski definition) is 1. The summed E-state index contributed by atoms with van der Waals surface area (Å²) in [5.74, 6) is -1.74. The minimum Gasteiger partial charge on any atom is -0.350 e. The van der Waals surface area contributed by atoms with E-state index in [1.54, 1.807) is 26.8 Å². The lowest BCUT2D eigenvalue weighted by Crippen LogP contribution is -2.54. The molecule has 0 aliphatic carbocycles. The molecule has 0 heterocycles. The van der Waals surface area contributed by atoms with Crippen LogP contribution in [0.2, 0.25) is 10.0 Å². The molecular formula is C23H28Cl2FN3O4S. The molecule has 2 rings (SSSR count). The van der Waals surface area contributed by atoms with E-state index in [4.69, 9.17) is 23.2 Å². The van der Waals surface area contributed by atoms with Gasteiger partial charge in [-0.1, -0.05) is 41.4 Å². The van der Waals surface area contributed by atoms with Crippen molar-refractivity contribution in [2.75, 3.05) is 17.1 Å². The molecule has 0 spiro atoms. The number of carbonyl (C=O) groups excluding carboxylic acids is 2. The smallest absolute Gasteiger partial charge is 0.244 e. The molecule has 0 aliphatic rings. The maximum Gasteiger partial charge on any atom is 0.244 e. The number of anilines is 1. The second-order valence-electron chi connectivity index (χ2n) is 8.89. The number of amides is 2. The molecular weight excluding hydrogens is 504 g/mol. The van der Waals surface area contributed by atoms with Crippen LogP contribution in [0.1, 0.15) is 33.3 Å². The summed E-state index contributed by atoms with van der Waals surface area (Å²) >= 11 is 12.2. The van der Waals surface area contributed by atoms with Crippen molar-refractivity contribution < 1.29 is 22.4 Å². The third-order valence-electron chi connectivity index (χ3n) is 4.82. The van der Waals surface area contributed by atoms with E-state index in [1.807, 2.05) is 0 Å². The van der Waals surface area contributed by atoms with Crippen molar-refractivity contribution in [3.63, 3.8) is 0 Å². The Morgan fingerprint density at radius 1 is 1.12 bits per heavy atom. The minimum absolute atomic E-state index is 0.0163. The van der Waals surface area contributed by atoms with Crippen LogP contribution in [-0.2, 0) is 26.2 Å². The van der Waals surface area contributed by atoms with Gasteiger partial charge in [0.15, 0.2) is 0 Å². The number of rotatable bonds is 8. The summed E-state index contributed by atoms with van der Waals surface area (Å²) in [4.78, 5) is 27.4. The van der Waals surface area contributed by atoms with E-state index < -0.39 is 45.8 Å². The first-order valence-corrected chi connectivity index (χ1v) is 13.0. The summed E-state index contributed by atoms with van der Waals surface area (Å²) in [5, 5.41) is 3.08. The highest BCUT2D eigenvalue weighted by molar-refractivity contribution is 7.92. The van der Waals surface area contributed by atoms with Gasteiger partial charge in [0, 0.05) is 22.7 Å². The summed E-state index contributed by atoms with van der Waals surface area (Å²) in [6, 6.07) is 9.05. The Hall–Kier alpha value is -2.36. The molecule has 186 valence electrons. The lowest BCUT2D eigenvalue weighted by molar-refractivity contribution is -0.140. The number of hydrogen-bond acceptors (Lipinski definition) is 4. The molecule has 34 heavy (non-hydrogen) atoms. The van der Waals surface area contributed by atoms with Crippen molar-refractivity contribution >= 4 is 50.7 Å². The molecule has 11 heteroatoms. The lowest BCUT2D eigenvalue weighted by Gasteiger charge is -2.33. The van der Waals surface area contributed by atoms with Crippen LogP contribution in [-0.4, -0.2) is 49.5 Å². The van der Waals surface area contributed by atoms with E-state index in [1.165, 1.54) is 43.3 Å². The van der Waals surface area contributed by atoms with Gasteiger partial charge in [-0.15, -0.1) is 0 Å². The maximum absolute atomic E-state index is 14.4. The summed E-state index contributed by atoms with van der Waals surface area (Å²) in [7, 11) is -3.97. The van der Waals surface area contributed by atoms with Gasteiger partial charge >= 0.3 is 0 Å². The SMILES string of the molecule is C[C@@H](C(=O)NC(C)(C)C)N(Cc1ccccc1F)C(=O)CN(c1cc(Cl)ccc1Cl)S(C)(=O)=O. The summed E-state index contributed by atoms with van der Waals surface area (Å²) < 4.78 is 40.3. The molecule has 0 saturated carbocycles. The average molecular weight is 532 g/mol. The van der Waals surface area contributed by atoms with E-state index >= 15 is 0 Å². The Labute approximate surface area is 209 Å². The van der Waals surface area contributed by atoms with Gasteiger partial charge in [-0.2, -0.15) is 0 Å². The van der Waals surface area contributed by atoms with Gasteiger partial charge in [0.05, 0.1) is 17.0 Å². The molecule has 1 atom stereocenters. The van der Waals surface area contributed by atoms with Gasteiger partial charge in [-0.3, -0.25) is 13.9 Å². The molecule has 0 saturated heterocycles. The van der Waals surface area contributed by atoms with Crippen LogP contribution in [0, 0.1) is 5.82 Å².